The van der Waals surface area contributed by atoms with Crippen LogP contribution in [0.4, 0.5) is 11.4 Å². The average molecular weight is 464 g/mol. The van der Waals surface area contributed by atoms with Gasteiger partial charge < -0.3 is 19.4 Å². The molecule has 1 amide bonds. The number of nitrogens with zero attached hydrogens (tertiary/aromatic N) is 4. The fraction of sp³-hybridized carbons (Fsp3) is 0.211. The number of aromatic nitrogens is 3. The largest absolute Gasteiger partial charge is 0.497 e. The Labute approximate surface area is 186 Å². The number of carbonyl (C=O) groups is 1. The third-order valence-corrected chi connectivity index (χ3v) is 5.47. The number of halogens is 1. The van der Waals surface area contributed by atoms with Crippen LogP contribution in [0.3, 0.4) is 0 Å². The number of amides is 1. The maximum absolute atomic E-state index is 12.2. The highest BCUT2D eigenvalue weighted by molar-refractivity contribution is 7.99. The molecule has 3 rings (SSSR count). The summed E-state index contributed by atoms with van der Waals surface area (Å²) >= 11 is 7.17. The molecule has 2 aromatic carbocycles. The van der Waals surface area contributed by atoms with Gasteiger partial charge in [-0.3, -0.25) is 14.9 Å². The minimum atomic E-state index is -0.560. The number of anilines is 1. The van der Waals surface area contributed by atoms with Gasteiger partial charge >= 0.3 is 0 Å². The first kappa shape index (κ1) is 22.4. The molecule has 10 nitrogen and oxygen atoms in total. The number of non-ortho nitro benzene ring substituents is 1. The van der Waals surface area contributed by atoms with Gasteiger partial charge in [0.1, 0.15) is 18.1 Å². The summed E-state index contributed by atoms with van der Waals surface area (Å²) in [5.41, 5.74) is 0.00942. The van der Waals surface area contributed by atoms with Gasteiger partial charge in [-0.2, -0.15) is 0 Å². The van der Waals surface area contributed by atoms with Crippen molar-refractivity contribution in [1.82, 2.24) is 14.8 Å². The van der Waals surface area contributed by atoms with Crippen LogP contribution >= 0.6 is 23.4 Å². The number of thioether (sulfide) groups is 1. The molecular formula is C19H18ClN5O5S. The van der Waals surface area contributed by atoms with E-state index in [0.717, 1.165) is 5.75 Å². The predicted octanol–water partition coefficient (Wildman–Crippen LogP) is 3.70. The summed E-state index contributed by atoms with van der Waals surface area (Å²) in [6, 6.07) is 11.0. The fourth-order valence-corrected chi connectivity index (χ4v) is 3.35. The molecule has 1 N–H and O–H groups in total. The van der Waals surface area contributed by atoms with Crippen LogP contribution in [-0.4, -0.2) is 38.5 Å². The van der Waals surface area contributed by atoms with Gasteiger partial charge in [-0.05, 0) is 30.3 Å². The maximum atomic E-state index is 12.2. The van der Waals surface area contributed by atoms with Crippen molar-refractivity contribution in [3.05, 3.63) is 63.4 Å². The van der Waals surface area contributed by atoms with E-state index in [1.165, 1.54) is 30.0 Å². The second kappa shape index (κ2) is 10.1. The van der Waals surface area contributed by atoms with Crippen molar-refractivity contribution in [2.24, 2.45) is 7.05 Å². The van der Waals surface area contributed by atoms with E-state index in [1.54, 1.807) is 43.0 Å². The molecule has 0 fully saturated rings. The number of benzene rings is 2. The second-order valence-corrected chi connectivity index (χ2v) is 7.53. The standard InChI is InChI=1S/C19H18ClN5O5S/c1-24-17(10-30-14-6-4-13(29-2)5-7-14)22-23-19(24)31-11-18(26)21-16-9-12(25(27)28)3-8-15(16)20/h3-9H,10-11H2,1-2H3,(H,21,26). The van der Waals surface area contributed by atoms with Crippen molar-refractivity contribution in [3.8, 4) is 11.5 Å². The van der Waals surface area contributed by atoms with Gasteiger partial charge in [-0.15, -0.1) is 10.2 Å². The van der Waals surface area contributed by atoms with Crippen molar-refractivity contribution >= 4 is 40.6 Å². The number of carbonyl (C=O) groups excluding carboxylic acids is 1. The van der Waals surface area contributed by atoms with E-state index < -0.39 is 4.92 Å². The molecule has 0 aliphatic heterocycles. The molecule has 0 aliphatic carbocycles. The Hall–Kier alpha value is -3.31. The molecule has 1 heterocycles. The monoisotopic (exact) mass is 463 g/mol. The summed E-state index contributed by atoms with van der Waals surface area (Å²) in [7, 11) is 3.36. The van der Waals surface area contributed by atoms with Crippen LogP contribution in [0.25, 0.3) is 0 Å². The second-order valence-electron chi connectivity index (χ2n) is 6.18. The number of nitro groups is 1. The summed E-state index contributed by atoms with van der Waals surface area (Å²) in [6.07, 6.45) is 0. The lowest BCUT2D eigenvalue weighted by molar-refractivity contribution is -0.384. The van der Waals surface area contributed by atoms with Gasteiger partial charge in [0.05, 0.1) is 28.5 Å². The molecule has 31 heavy (non-hydrogen) atoms. The van der Waals surface area contributed by atoms with Gasteiger partial charge in [-0.1, -0.05) is 23.4 Å². The van der Waals surface area contributed by atoms with Gasteiger partial charge in [0, 0.05) is 19.2 Å². The summed E-state index contributed by atoms with van der Waals surface area (Å²) in [4.78, 5) is 22.6. The zero-order valence-corrected chi connectivity index (χ0v) is 18.1. The maximum Gasteiger partial charge on any atom is 0.271 e. The molecule has 12 heteroatoms. The highest BCUT2D eigenvalue weighted by Gasteiger charge is 2.15. The Morgan fingerprint density at radius 3 is 2.61 bits per heavy atom. The van der Waals surface area contributed by atoms with Gasteiger partial charge in [0.25, 0.3) is 5.69 Å². The van der Waals surface area contributed by atoms with E-state index in [4.69, 9.17) is 21.1 Å². The minimum absolute atomic E-state index is 0.0182. The van der Waals surface area contributed by atoms with E-state index in [0.29, 0.717) is 16.7 Å². The first-order chi connectivity index (χ1) is 14.9. The fourth-order valence-electron chi connectivity index (χ4n) is 2.46. The van der Waals surface area contributed by atoms with E-state index in [9.17, 15) is 14.9 Å². The quantitative estimate of drug-likeness (QED) is 0.289. The molecule has 0 radical (unpaired) electrons. The highest BCUT2D eigenvalue weighted by Crippen LogP contribution is 2.27. The summed E-state index contributed by atoms with van der Waals surface area (Å²) < 4.78 is 12.5. The van der Waals surface area contributed by atoms with Crippen molar-refractivity contribution in [1.29, 1.82) is 0 Å². The van der Waals surface area contributed by atoms with Gasteiger partial charge in [0.2, 0.25) is 5.91 Å². The van der Waals surface area contributed by atoms with Gasteiger partial charge in [0.15, 0.2) is 11.0 Å². The lowest BCUT2D eigenvalue weighted by Gasteiger charge is -2.08. The van der Waals surface area contributed by atoms with E-state index in [1.807, 2.05) is 0 Å². The Kier molecular flexibility index (Phi) is 7.32. The summed E-state index contributed by atoms with van der Waals surface area (Å²) in [6.45, 7) is 0.200. The van der Waals surface area contributed by atoms with Crippen molar-refractivity contribution in [2.45, 2.75) is 11.8 Å². The van der Waals surface area contributed by atoms with Crippen molar-refractivity contribution in [3.63, 3.8) is 0 Å². The molecule has 3 aromatic rings. The van der Waals surface area contributed by atoms with E-state index in [2.05, 4.69) is 15.5 Å². The number of hydrogen-bond acceptors (Lipinski definition) is 8. The smallest absolute Gasteiger partial charge is 0.271 e. The molecule has 0 atom stereocenters. The number of nitro benzene ring substituents is 1. The number of rotatable bonds is 9. The van der Waals surface area contributed by atoms with Crippen LogP contribution in [0, 0.1) is 10.1 Å². The normalized spacial score (nSPS) is 10.5. The topological polar surface area (TPSA) is 121 Å². The Balaban J connectivity index is 1.55. The Morgan fingerprint density at radius 2 is 1.94 bits per heavy atom. The lowest BCUT2D eigenvalue weighted by atomic mass is 10.3. The van der Waals surface area contributed by atoms with Crippen LogP contribution < -0.4 is 14.8 Å². The lowest BCUT2D eigenvalue weighted by Crippen LogP contribution is -2.15. The van der Waals surface area contributed by atoms with Crippen LogP contribution in [0.15, 0.2) is 47.6 Å². The minimum Gasteiger partial charge on any atom is -0.497 e. The van der Waals surface area contributed by atoms with Gasteiger partial charge in [-0.25, -0.2) is 0 Å². The number of methoxy groups -OCH3 is 1. The van der Waals surface area contributed by atoms with E-state index >= 15 is 0 Å². The molecule has 0 spiro atoms. The first-order valence-electron chi connectivity index (χ1n) is 8.89. The number of hydrogen-bond donors (Lipinski definition) is 1. The average Bonchev–Trinajstić information content (AvgIpc) is 3.12. The third-order valence-electron chi connectivity index (χ3n) is 4.12. The molecule has 0 saturated heterocycles. The number of ether oxygens (including phenoxy) is 2. The molecule has 0 unspecified atom stereocenters. The van der Waals surface area contributed by atoms with Crippen LogP contribution in [0.5, 0.6) is 11.5 Å². The summed E-state index contributed by atoms with van der Waals surface area (Å²) in [5.74, 6) is 1.61. The van der Waals surface area contributed by atoms with Crippen molar-refractivity contribution < 1.29 is 19.2 Å². The number of nitrogens with one attached hydrogen (secondary N) is 1. The highest BCUT2D eigenvalue weighted by atomic mass is 35.5. The van der Waals surface area contributed by atoms with Crippen LogP contribution in [0.2, 0.25) is 5.02 Å². The summed E-state index contributed by atoms with van der Waals surface area (Å²) in [5, 5.41) is 22.3. The molecule has 0 saturated carbocycles. The Morgan fingerprint density at radius 1 is 1.23 bits per heavy atom. The predicted molar refractivity (Wildman–Crippen MR) is 116 cm³/mol. The first-order valence-corrected chi connectivity index (χ1v) is 10.3. The molecule has 162 valence electrons. The third kappa shape index (κ3) is 5.86. The van der Waals surface area contributed by atoms with Crippen LogP contribution in [0.1, 0.15) is 5.82 Å². The zero-order valence-electron chi connectivity index (χ0n) is 16.6. The van der Waals surface area contributed by atoms with Crippen molar-refractivity contribution in [2.75, 3.05) is 18.2 Å². The molecular weight excluding hydrogens is 446 g/mol. The zero-order chi connectivity index (χ0) is 22.4. The SMILES string of the molecule is COc1ccc(OCc2nnc(SCC(=O)Nc3cc([N+](=O)[O-])ccc3Cl)n2C)cc1. The molecule has 0 bridgehead atoms. The molecule has 1 aromatic heterocycles. The van der Waals surface area contributed by atoms with Crippen LogP contribution in [-0.2, 0) is 18.4 Å². The molecule has 0 aliphatic rings. The Bertz CT molecular complexity index is 1090. The van der Waals surface area contributed by atoms with E-state index in [-0.39, 0.29) is 34.7 Å².